The molecule has 1 heterocycles. The molecular formula is C29H32N2O6. The van der Waals surface area contributed by atoms with Crippen LogP contribution in [-0.2, 0) is 4.79 Å². The maximum Gasteiger partial charge on any atom is 0.254 e. The second-order valence-electron chi connectivity index (χ2n) is 8.52. The summed E-state index contributed by atoms with van der Waals surface area (Å²) in [6, 6.07) is 18.7. The Labute approximate surface area is 217 Å². The van der Waals surface area contributed by atoms with Gasteiger partial charge in [-0.2, -0.15) is 0 Å². The zero-order valence-corrected chi connectivity index (χ0v) is 21.6. The number of rotatable bonds is 8. The number of piperazine rings is 1. The van der Waals surface area contributed by atoms with Crippen LogP contribution in [0.25, 0.3) is 11.6 Å². The minimum Gasteiger partial charge on any atom is -0.504 e. The van der Waals surface area contributed by atoms with Gasteiger partial charge in [-0.1, -0.05) is 24.3 Å². The Morgan fingerprint density at radius 3 is 1.95 bits per heavy atom. The third kappa shape index (κ3) is 5.58. The van der Waals surface area contributed by atoms with Crippen LogP contribution in [0.4, 0.5) is 5.69 Å². The first kappa shape index (κ1) is 25.8. The lowest BCUT2D eigenvalue weighted by Gasteiger charge is -2.36. The molecule has 0 spiro atoms. The van der Waals surface area contributed by atoms with E-state index in [9.17, 15) is 9.90 Å². The van der Waals surface area contributed by atoms with Gasteiger partial charge in [0.2, 0.25) is 5.75 Å². The number of hydrogen-bond acceptors (Lipinski definition) is 7. The minimum absolute atomic E-state index is 0.00980. The molecule has 0 bridgehead atoms. The first-order valence-corrected chi connectivity index (χ1v) is 12.0. The highest BCUT2D eigenvalue weighted by atomic mass is 16.5. The molecule has 194 valence electrons. The number of nitrogens with zero attached hydrogens (tertiary/aromatic N) is 2. The average Bonchev–Trinajstić information content (AvgIpc) is 2.95. The van der Waals surface area contributed by atoms with Crippen molar-refractivity contribution in [1.29, 1.82) is 0 Å². The van der Waals surface area contributed by atoms with E-state index in [-0.39, 0.29) is 11.7 Å². The third-order valence-electron chi connectivity index (χ3n) is 6.41. The fourth-order valence-electron chi connectivity index (χ4n) is 4.45. The molecule has 0 aliphatic carbocycles. The van der Waals surface area contributed by atoms with Crippen molar-refractivity contribution < 1.29 is 28.8 Å². The number of hydrogen-bond donors (Lipinski definition) is 1. The Hall–Kier alpha value is -4.33. The van der Waals surface area contributed by atoms with Crippen LogP contribution in [-0.4, -0.2) is 70.5 Å². The lowest BCUT2D eigenvalue weighted by molar-refractivity contribution is -0.125. The van der Waals surface area contributed by atoms with E-state index in [1.807, 2.05) is 23.1 Å². The number of phenolic OH excluding ortho intramolecular Hbond substituents is 1. The van der Waals surface area contributed by atoms with Crippen molar-refractivity contribution in [2.75, 3.05) is 59.5 Å². The monoisotopic (exact) mass is 504 g/mol. The SMILES string of the molecule is COc1ccc(/C=C(/C(=O)N2CCN(c3ccccc3)CC2)c2cc(OC)c(OC)c(OC)c2)cc1O. The quantitative estimate of drug-likeness (QED) is 0.362. The first-order chi connectivity index (χ1) is 18.0. The van der Waals surface area contributed by atoms with Crippen LogP contribution < -0.4 is 23.8 Å². The number of aromatic hydroxyl groups is 1. The van der Waals surface area contributed by atoms with Crippen LogP contribution in [0.1, 0.15) is 11.1 Å². The molecule has 37 heavy (non-hydrogen) atoms. The summed E-state index contributed by atoms with van der Waals surface area (Å²) < 4.78 is 21.7. The summed E-state index contributed by atoms with van der Waals surface area (Å²) in [5.74, 6) is 1.56. The Bertz CT molecular complexity index is 1240. The Kier molecular flexibility index (Phi) is 8.08. The van der Waals surface area contributed by atoms with Crippen molar-refractivity contribution in [1.82, 2.24) is 4.90 Å². The second kappa shape index (κ2) is 11.6. The number of phenols is 1. The predicted molar refractivity (Wildman–Crippen MR) is 144 cm³/mol. The van der Waals surface area contributed by atoms with E-state index >= 15 is 0 Å². The normalized spacial score (nSPS) is 13.8. The summed E-state index contributed by atoms with van der Waals surface area (Å²) in [4.78, 5) is 18.1. The van der Waals surface area contributed by atoms with E-state index in [0.29, 0.717) is 52.8 Å². The number of methoxy groups -OCH3 is 4. The summed E-state index contributed by atoms with van der Waals surface area (Å²) in [5.41, 5.74) is 2.85. The van der Waals surface area contributed by atoms with Crippen LogP contribution >= 0.6 is 0 Å². The van der Waals surface area contributed by atoms with Gasteiger partial charge >= 0.3 is 0 Å². The maximum atomic E-state index is 13.9. The van der Waals surface area contributed by atoms with Gasteiger partial charge in [0.25, 0.3) is 5.91 Å². The standard InChI is InChI=1S/C29H32N2O6/c1-34-25-11-10-20(17-24(25)32)16-23(21-18-26(35-2)28(37-4)27(19-21)36-3)29(33)31-14-12-30(13-15-31)22-8-6-5-7-9-22/h5-11,16-19,32H,12-15H2,1-4H3/b23-16+. The van der Waals surface area contributed by atoms with E-state index in [4.69, 9.17) is 18.9 Å². The highest BCUT2D eigenvalue weighted by Crippen LogP contribution is 2.41. The summed E-state index contributed by atoms with van der Waals surface area (Å²) in [5, 5.41) is 10.3. The van der Waals surface area contributed by atoms with Gasteiger partial charge in [-0.15, -0.1) is 0 Å². The number of ether oxygens (including phenoxy) is 4. The van der Waals surface area contributed by atoms with E-state index in [1.165, 1.54) is 28.4 Å². The topological polar surface area (TPSA) is 80.7 Å². The molecule has 0 aromatic heterocycles. The lowest BCUT2D eigenvalue weighted by atomic mass is 9.99. The molecule has 0 radical (unpaired) electrons. The molecule has 1 aliphatic heterocycles. The average molecular weight is 505 g/mol. The van der Waals surface area contributed by atoms with E-state index in [2.05, 4.69) is 17.0 Å². The van der Waals surface area contributed by atoms with Crippen molar-refractivity contribution in [2.45, 2.75) is 0 Å². The molecule has 1 amide bonds. The fourth-order valence-corrected chi connectivity index (χ4v) is 4.45. The van der Waals surface area contributed by atoms with Crippen LogP contribution in [0.15, 0.2) is 60.7 Å². The summed E-state index contributed by atoms with van der Waals surface area (Å²) >= 11 is 0. The molecule has 1 fully saturated rings. The lowest BCUT2D eigenvalue weighted by Crippen LogP contribution is -2.49. The Morgan fingerprint density at radius 1 is 0.784 bits per heavy atom. The third-order valence-corrected chi connectivity index (χ3v) is 6.41. The molecule has 8 heteroatoms. The van der Waals surface area contributed by atoms with Crippen LogP contribution in [0.3, 0.4) is 0 Å². The number of anilines is 1. The van der Waals surface area contributed by atoms with Crippen molar-refractivity contribution in [3.63, 3.8) is 0 Å². The molecule has 3 aromatic carbocycles. The van der Waals surface area contributed by atoms with E-state index in [0.717, 1.165) is 18.8 Å². The Morgan fingerprint density at radius 2 is 1.41 bits per heavy atom. The number of para-hydroxylation sites is 1. The molecule has 4 rings (SSSR count). The second-order valence-corrected chi connectivity index (χ2v) is 8.52. The van der Waals surface area contributed by atoms with E-state index in [1.54, 1.807) is 36.4 Å². The summed E-state index contributed by atoms with van der Waals surface area (Å²) in [6.07, 6.45) is 1.76. The number of amides is 1. The molecule has 3 aromatic rings. The van der Waals surface area contributed by atoms with Crippen molar-refractivity contribution >= 4 is 23.2 Å². The molecule has 0 unspecified atom stereocenters. The van der Waals surface area contributed by atoms with Crippen LogP contribution in [0, 0.1) is 0 Å². The van der Waals surface area contributed by atoms with Gasteiger partial charge in [0.05, 0.1) is 28.4 Å². The molecular weight excluding hydrogens is 472 g/mol. The fraction of sp³-hybridized carbons (Fsp3) is 0.276. The minimum atomic E-state index is -0.128. The van der Waals surface area contributed by atoms with Crippen molar-refractivity contribution in [2.24, 2.45) is 0 Å². The molecule has 1 aliphatic rings. The predicted octanol–water partition coefficient (Wildman–Crippen LogP) is 4.32. The molecule has 8 nitrogen and oxygen atoms in total. The maximum absolute atomic E-state index is 13.9. The van der Waals surface area contributed by atoms with Crippen molar-refractivity contribution in [3.8, 4) is 28.7 Å². The zero-order valence-electron chi connectivity index (χ0n) is 21.6. The Balaban J connectivity index is 1.71. The van der Waals surface area contributed by atoms with Crippen molar-refractivity contribution in [3.05, 3.63) is 71.8 Å². The summed E-state index contributed by atoms with van der Waals surface area (Å²) in [7, 11) is 6.10. The van der Waals surface area contributed by atoms with Gasteiger partial charge in [-0.05, 0) is 53.6 Å². The largest absolute Gasteiger partial charge is 0.504 e. The summed E-state index contributed by atoms with van der Waals surface area (Å²) in [6.45, 7) is 2.59. The van der Waals surface area contributed by atoms with Crippen LogP contribution in [0.5, 0.6) is 28.7 Å². The van der Waals surface area contributed by atoms with Gasteiger partial charge in [0.15, 0.2) is 23.0 Å². The number of carbonyl (C=O) groups is 1. The zero-order chi connectivity index (χ0) is 26.4. The van der Waals surface area contributed by atoms with Gasteiger partial charge in [0, 0.05) is 37.4 Å². The highest BCUT2D eigenvalue weighted by molar-refractivity contribution is 6.24. The molecule has 0 saturated carbocycles. The molecule has 1 N–H and O–H groups in total. The van der Waals surface area contributed by atoms with Gasteiger partial charge < -0.3 is 33.9 Å². The molecule has 0 atom stereocenters. The van der Waals surface area contributed by atoms with Crippen LogP contribution in [0.2, 0.25) is 0 Å². The number of carbonyl (C=O) groups excluding carboxylic acids is 1. The smallest absolute Gasteiger partial charge is 0.254 e. The van der Waals surface area contributed by atoms with Gasteiger partial charge in [-0.25, -0.2) is 0 Å². The van der Waals surface area contributed by atoms with Gasteiger partial charge in [0.1, 0.15) is 0 Å². The first-order valence-electron chi connectivity index (χ1n) is 12.0. The number of benzene rings is 3. The molecule has 1 saturated heterocycles. The van der Waals surface area contributed by atoms with Gasteiger partial charge in [-0.3, -0.25) is 4.79 Å². The van der Waals surface area contributed by atoms with E-state index < -0.39 is 0 Å². The highest BCUT2D eigenvalue weighted by Gasteiger charge is 2.26.